The van der Waals surface area contributed by atoms with Crippen molar-refractivity contribution in [3.63, 3.8) is 0 Å². The number of hydrogen-bond acceptors (Lipinski definition) is 4. The first kappa shape index (κ1) is 13.7. The number of carbonyl (C=O) groups is 1. The van der Waals surface area contributed by atoms with Gasteiger partial charge in [0.25, 0.3) is 0 Å². The number of carbonyl (C=O) groups excluding carboxylic acids is 1. The largest absolute Gasteiger partial charge is 0.350 e. The standard InChI is InChI=1S/C12H17N3OS/c1-4-12(5-2,7-13)11(16)14-6-10-9(3)15-8-17-10/h8H,4-6H2,1-3H3,(H,14,16). The van der Waals surface area contributed by atoms with Crippen molar-refractivity contribution in [2.75, 3.05) is 0 Å². The molecule has 4 nitrogen and oxygen atoms in total. The van der Waals surface area contributed by atoms with E-state index in [2.05, 4.69) is 16.4 Å². The molecule has 0 aliphatic carbocycles. The van der Waals surface area contributed by atoms with E-state index in [0.717, 1.165) is 10.6 Å². The Hall–Kier alpha value is -1.41. The van der Waals surface area contributed by atoms with Gasteiger partial charge in [-0.15, -0.1) is 11.3 Å². The van der Waals surface area contributed by atoms with Gasteiger partial charge in [0.15, 0.2) is 0 Å². The van der Waals surface area contributed by atoms with Crippen LogP contribution in [0.5, 0.6) is 0 Å². The molecule has 5 heteroatoms. The average Bonchev–Trinajstić information content (AvgIpc) is 2.75. The van der Waals surface area contributed by atoms with Crippen LogP contribution in [0, 0.1) is 23.7 Å². The van der Waals surface area contributed by atoms with Crippen molar-refractivity contribution in [3.8, 4) is 6.07 Å². The highest BCUT2D eigenvalue weighted by atomic mass is 32.1. The summed E-state index contributed by atoms with van der Waals surface area (Å²) >= 11 is 1.52. The van der Waals surface area contributed by atoms with Crippen molar-refractivity contribution in [2.24, 2.45) is 5.41 Å². The van der Waals surface area contributed by atoms with Crippen LogP contribution < -0.4 is 5.32 Å². The van der Waals surface area contributed by atoms with Gasteiger partial charge in [0.1, 0.15) is 5.41 Å². The molecule has 1 heterocycles. The summed E-state index contributed by atoms with van der Waals surface area (Å²) in [4.78, 5) is 17.2. The molecular weight excluding hydrogens is 234 g/mol. The predicted molar refractivity (Wildman–Crippen MR) is 67.3 cm³/mol. The molecule has 1 N–H and O–H groups in total. The summed E-state index contributed by atoms with van der Waals surface area (Å²) in [5.74, 6) is -0.183. The molecule has 1 aromatic rings. The fraction of sp³-hybridized carbons (Fsp3) is 0.583. The highest BCUT2D eigenvalue weighted by Gasteiger charge is 2.34. The SMILES string of the molecule is CCC(C#N)(CC)C(=O)NCc1scnc1C. The van der Waals surface area contributed by atoms with Crippen LogP contribution in [0.4, 0.5) is 0 Å². The minimum atomic E-state index is -0.890. The Balaban J connectivity index is 2.67. The second-order valence-electron chi connectivity index (χ2n) is 3.94. The van der Waals surface area contributed by atoms with E-state index in [0.29, 0.717) is 19.4 Å². The van der Waals surface area contributed by atoms with Gasteiger partial charge in [-0.05, 0) is 19.8 Å². The van der Waals surface area contributed by atoms with Crippen LogP contribution in [0.1, 0.15) is 37.3 Å². The minimum absolute atomic E-state index is 0.183. The van der Waals surface area contributed by atoms with E-state index >= 15 is 0 Å². The summed E-state index contributed by atoms with van der Waals surface area (Å²) in [5.41, 5.74) is 1.80. The highest BCUT2D eigenvalue weighted by molar-refractivity contribution is 7.09. The Kier molecular flexibility index (Phi) is 4.64. The first-order chi connectivity index (χ1) is 8.09. The average molecular weight is 251 g/mol. The molecule has 17 heavy (non-hydrogen) atoms. The van der Waals surface area contributed by atoms with Crippen LogP contribution in [-0.2, 0) is 11.3 Å². The molecule has 0 fully saturated rings. The molecule has 0 unspecified atom stereocenters. The number of thiazole rings is 1. The van der Waals surface area contributed by atoms with Gasteiger partial charge in [0.2, 0.25) is 5.91 Å². The first-order valence-electron chi connectivity index (χ1n) is 5.68. The second-order valence-corrected chi connectivity index (χ2v) is 4.88. The molecule has 0 aliphatic heterocycles. The molecule has 0 aromatic carbocycles. The normalized spacial score (nSPS) is 10.9. The van der Waals surface area contributed by atoms with E-state index < -0.39 is 5.41 Å². The molecule has 92 valence electrons. The molecule has 0 saturated heterocycles. The van der Waals surface area contributed by atoms with Gasteiger partial charge in [-0.25, -0.2) is 4.98 Å². The summed E-state index contributed by atoms with van der Waals surface area (Å²) in [6.45, 7) is 6.10. The fourth-order valence-corrected chi connectivity index (χ4v) is 2.32. The van der Waals surface area contributed by atoms with Crippen molar-refractivity contribution in [2.45, 2.75) is 40.2 Å². The van der Waals surface area contributed by atoms with Crippen molar-refractivity contribution in [3.05, 3.63) is 16.1 Å². The van der Waals surface area contributed by atoms with Crippen LogP contribution in [0.3, 0.4) is 0 Å². The van der Waals surface area contributed by atoms with Gasteiger partial charge in [0.05, 0.1) is 23.8 Å². The summed E-state index contributed by atoms with van der Waals surface area (Å²) in [6.07, 6.45) is 1.07. The lowest BCUT2D eigenvalue weighted by Gasteiger charge is -2.21. The topological polar surface area (TPSA) is 65.8 Å². The molecule has 0 spiro atoms. The quantitative estimate of drug-likeness (QED) is 0.873. The Bertz CT molecular complexity index is 429. The molecule has 1 aromatic heterocycles. The van der Waals surface area contributed by atoms with Gasteiger partial charge in [-0.2, -0.15) is 5.26 Å². The van der Waals surface area contributed by atoms with Crippen molar-refractivity contribution >= 4 is 17.2 Å². The van der Waals surface area contributed by atoms with Crippen LogP contribution in [-0.4, -0.2) is 10.9 Å². The highest BCUT2D eigenvalue weighted by Crippen LogP contribution is 2.25. The van der Waals surface area contributed by atoms with E-state index in [-0.39, 0.29) is 5.91 Å². The molecule has 0 bridgehead atoms. The third-order valence-corrected chi connectivity index (χ3v) is 4.05. The lowest BCUT2D eigenvalue weighted by atomic mass is 9.83. The molecule has 0 saturated carbocycles. The van der Waals surface area contributed by atoms with Crippen molar-refractivity contribution < 1.29 is 4.79 Å². The van der Waals surface area contributed by atoms with Gasteiger partial charge >= 0.3 is 0 Å². The molecule has 0 atom stereocenters. The smallest absolute Gasteiger partial charge is 0.240 e. The van der Waals surface area contributed by atoms with Gasteiger partial charge < -0.3 is 5.32 Å². The maximum absolute atomic E-state index is 12.0. The number of amides is 1. The summed E-state index contributed by atoms with van der Waals surface area (Å²) in [6, 6.07) is 2.14. The Morgan fingerprint density at radius 3 is 2.65 bits per heavy atom. The van der Waals surface area contributed by atoms with E-state index in [9.17, 15) is 4.79 Å². The molecule has 1 rings (SSSR count). The molecule has 0 aliphatic rings. The molecule has 0 radical (unpaired) electrons. The lowest BCUT2D eigenvalue weighted by Crippen LogP contribution is -2.38. The van der Waals surface area contributed by atoms with E-state index in [1.165, 1.54) is 11.3 Å². The molecule has 1 amide bonds. The van der Waals surface area contributed by atoms with Crippen LogP contribution >= 0.6 is 11.3 Å². The number of nitriles is 1. The maximum atomic E-state index is 12.0. The zero-order valence-corrected chi connectivity index (χ0v) is 11.2. The van der Waals surface area contributed by atoms with Crippen LogP contribution in [0.25, 0.3) is 0 Å². The Morgan fingerprint density at radius 2 is 2.24 bits per heavy atom. The zero-order chi connectivity index (χ0) is 12.9. The number of hydrogen-bond donors (Lipinski definition) is 1. The minimum Gasteiger partial charge on any atom is -0.350 e. The molecular formula is C12H17N3OS. The summed E-state index contributed by atoms with van der Waals surface area (Å²) < 4.78 is 0. The van der Waals surface area contributed by atoms with Gasteiger partial charge in [-0.3, -0.25) is 4.79 Å². The number of rotatable bonds is 5. The predicted octanol–water partition coefficient (Wildman–Crippen LogP) is 2.40. The van der Waals surface area contributed by atoms with Crippen LogP contribution in [0.2, 0.25) is 0 Å². The van der Waals surface area contributed by atoms with Crippen molar-refractivity contribution in [1.29, 1.82) is 5.26 Å². The summed E-state index contributed by atoms with van der Waals surface area (Å²) in [7, 11) is 0. The number of nitrogens with one attached hydrogen (secondary N) is 1. The fourth-order valence-electron chi connectivity index (χ4n) is 1.61. The maximum Gasteiger partial charge on any atom is 0.240 e. The Morgan fingerprint density at radius 1 is 1.59 bits per heavy atom. The zero-order valence-electron chi connectivity index (χ0n) is 10.4. The van der Waals surface area contributed by atoms with Gasteiger partial charge in [0, 0.05) is 4.88 Å². The number of aromatic nitrogens is 1. The third kappa shape index (κ3) is 2.83. The Labute approximate surface area is 106 Å². The lowest BCUT2D eigenvalue weighted by molar-refractivity contribution is -0.128. The van der Waals surface area contributed by atoms with Crippen LogP contribution in [0.15, 0.2) is 5.51 Å². The van der Waals surface area contributed by atoms with E-state index in [4.69, 9.17) is 5.26 Å². The summed E-state index contributed by atoms with van der Waals surface area (Å²) in [5, 5.41) is 12.0. The second kappa shape index (κ2) is 5.78. The number of aryl methyl sites for hydroxylation is 1. The van der Waals surface area contributed by atoms with Gasteiger partial charge in [-0.1, -0.05) is 13.8 Å². The number of nitrogens with zero attached hydrogens (tertiary/aromatic N) is 2. The van der Waals surface area contributed by atoms with Crippen molar-refractivity contribution in [1.82, 2.24) is 10.3 Å². The van der Waals surface area contributed by atoms with E-state index in [1.54, 1.807) is 5.51 Å². The third-order valence-electron chi connectivity index (χ3n) is 3.11. The first-order valence-corrected chi connectivity index (χ1v) is 6.56. The monoisotopic (exact) mass is 251 g/mol. The van der Waals surface area contributed by atoms with E-state index in [1.807, 2.05) is 20.8 Å².